The molecule has 2 rings (SSSR count). The molecule has 0 aliphatic heterocycles. The van der Waals surface area contributed by atoms with Gasteiger partial charge >= 0.3 is 0 Å². The first-order chi connectivity index (χ1) is 8.58. The molecule has 1 aliphatic carbocycles. The fraction of sp³-hybridized carbons (Fsp3) is 0.643. The lowest BCUT2D eigenvalue weighted by Gasteiger charge is -2.25. The Hall–Kier alpha value is -1.29. The Bertz CT molecular complexity index is 425. The first kappa shape index (κ1) is 13.1. The number of aromatic nitrogens is 1. The Morgan fingerprint density at radius 1 is 1.50 bits per heavy atom. The maximum Gasteiger partial charge on any atom is 0.223 e. The average Bonchev–Trinajstić information content (AvgIpc) is 2.67. The number of aryl methyl sites for hydroxylation is 1. The van der Waals surface area contributed by atoms with Gasteiger partial charge in [-0.3, -0.25) is 4.79 Å². The van der Waals surface area contributed by atoms with Gasteiger partial charge in [0.25, 0.3) is 0 Å². The zero-order valence-electron chi connectivity index (χ0n) is 11.3. The molecule has 3 N–H and O–H groups in total. The van der Waals surface area contributed by atoms with Crippen LogP contribution in [0, 0.1) is 12.8 Å². The van der Waals surface area contributed by atoms with Crippen molar-refractivity contribution in [2.45, 2.75) is 45.2 Å². The van der Waals surface area contributed by atoms with Crippen LogP contribution in [0.25, 0.3) is 0 Å². The summed E-state index contributed by atoms with van der Waals surface area (Å²) in [6.45, 7) is 2.67. The first-order valence-electron chi connectivity index (χ1n) is 6.72. The summed E-state index contributed by atoms with van der Waals surface area (Å²) in [4.78, 5) is 12.1. The predicted octanol–water partition coefficient (Wildman–Crippen LogP) is 1.47. The third-order valence-electron chi connectivity index (χ3n) is 4.01. The molecule has 0 saturated heterocycles. The van der Waals surface area contributed by atoms with Crippen molar-refractivity contribution in [3.05, 3.63) is 23.5 Å². The topological polar surface area (TPSA) is 60.1 Å². The molecule has 0 radical (unpaired) electrons. The van der Waals surface area contributed by atoms with E-state index < -0.39 is 0 Å². The Morgan fingerprint density at radius 3 is 2.89 bits per heavy atom. The molecule has 1 saturated carbocycles. The molecule has 1 heterocycles. The Kier molecular flexibility index (Phi) is 4.07. The molecule has 100 valence electrons. The number of nitrogens with two attached hydrogens (primary N) is 1. The van der Waals surface area contributed by atoms with Crippen molar-refractivity contribution in [3.63, 3.8) is 0 Å². The van der Waals surface area contributed by atoms with Gasteiger partial charge in [-0.1, -0.05) is 6.42 Å². The van der Waals surface area contributed by atoms with E-state index in [1.54, 1.807) is 0 Å². The van der Waals surface area contributed by atoms with E-state index in [1.165, 1.54) is 5.69 Å². The van der Waals surface area contributed by atoms with Crippen molar-refractivity contribution >= 4 is 5.91 Å². The quantitative estimate of drug-likeness (QED) is 0.852. The normalized spacial score (nSPS) is 23.9. The second kappa shape index (κ2) is 5.57. The summed E-state index contributed by atoms with van der Waals surface area (Å²) in [5.41, 5.74) is 8.26. The average molecular weight is 249 g/mol. The zero-order chi connectivity index (χ0) is 13.1. The van der Waals surface area contributed by atoms with Gasteiger partial charge in [0.15, 0.2) is 0 Å². The molecule has 2 atom stereocenters. The van der Waals surface area contributed by atoms with Crippen LogP contribution in [0.2, 0.25) is 0 Å². The maximum atomic E-state index is 12.1. The molecular formula is C14H23N3O. The summed E-state index contributed by atoms with van der Waals surface area (Å²) < 4.78 is 2.10. The molecule has 1 aromatic rings. The van der Waals surface area contributed by atoms with E-state index in [2.05, 4.69) is 28.9 Å². The van der Waals surface area contributed by atoms with Crippen molar-refractivity contribution in [1.29, 1.82) is 0 Å². The number of hydrogen-bond donors (Lipinski definition) is 2. The van der Waals surface area contributed by atoms with Crippen LogP contribution in [-0.2, 0) is 18.4 Å². The van der Waals surface area contributed by atoms with Crippen LogP contribution in [0.5, 0.6) is 0 Å². The lowest BCUT2D eigenvalue weighted by atomic mass is 9.85. The summed E-state index contributed by atoms with van der Waals surface area (Å²) in [5.74, 6) is 0.263. The van der Waals surface area contributed by atoms with Gasteiger partial charge in [0.05, 0.1) is 6.54 Å². The SMILES string of the molecule is Cc1ccc(CNC(=O)C2CCCC(N)C2)n1C. The largest absolute Gasteiger partial charge is 0.350 e. The van der Waals surface area contributed by atoms with E-state index >= 15 is 0 Å². The molecule has 1 aliphatic rings. The van der Waals surface area contributed by atoms with Crippen LogP contribution in [0.3, 0.4) is 0 Å². The van der Waals surface area contributed by atoms with Gasteiger partial charge < -0.3 is 15.6 Å². The Labute approximate surface area is 109 Å². The van der Waals surface area contributed by atoms with Gasteiger partial charge in [-0.05, 0) is 38.3 Å². The van der Waals surface area contributed by atoms with Gasteiger partial charge in [-0.2, -0.15) is 0 Å². The molecule has 0 spiro atoms. The number of carbonyl (C=O) groups excluding carboxylic acids is 1. The monoisotopic (exact) mass is 249 g/mol. The second-order valence-corrected chi connectivity index (χ2v) is 5.37. The highest BCUT2D eigenvalue weighted by atomic mass is 16.1. The van der Waals surface area contributed by atoms with Crippen molar-refractivity contribution < 1.29 is 4.79 Å². The van der Waals surface area contributed by atoms with Crippen LogP contribution in [0.15, 0.2) is 12.1 Å². The minimum absolute atomic E-state index is 0.107. The third kappa shape index (κ3) is 2.93. The second-order valence-electron chi connectivity index (χ2n) is 5.37. The van der Waals surface area contributed by atoms with Gasteiger partial charge in [0.2, 0.25) is 5.91 Å². The molecule has 0 aromatic carbocycles. The van der Waals surface area contributed by atoms with Crippen LogP contribution in [-0.4, -0.2) is 16.5 Å². The number of nitrogens with zero attached hydrogens (tertiary/aromatic N) is 1. The summed E-state index contributed by atoms with van der Waals surface area (Å²) in [6.07, 6.45) is 3.94. The van der Waals surface area contributed by atoms with Crippen molar-refractivity contribution in [2.24, 2.45) is 18.7 Å². The Morgan fingerprint density at radius 2 is 2.28 bits per heavy atom. The van der Waals surface area contributed by atoms with E-state index in [0.29, 0.717) is 6.54 Å². The molecule has 4 nitrogen and oxygen atoms in total. The molecule has 4 heteroatoms. The zero-order valence-corrected chi connectivity index (χ0v) is 11.3. The van der Waals surface area contributed by atoms with Gasteiger partial charge in [0.1, 0.15) is 0 Å². The summed E-state index contributed by atoms with van der Waals surface area (Å²) in [5, 5.41) is 3.03. The molecule has 2 unspecified atom stereocenters. The van der Waals surface area contributed by atoms with E-state index in [4.69, 9.17) is 5.73 Å². The van der Waals surface area contributed by atoms with E-state index in [9.17, 15) is 4.79 Å². The van der Waals surface area contributed by atoms with E-state index in [1.807, 2.05) is 7.05 Å². The summed E-state index contributed by atoms with van der Waals surface area (Å²) >= 11 is 0. The third-order valence-corrected chi connectivity index (χ3v) is 4.01. The first-order valence-corrected chi connectivity index (χ1v) is 6.72. The molecule has 18 heavy (non-hydrogen) atoms. The lowest BCUT2D eigenvalue weighted by molar-refractivity contribution is -0.126. The van der Waals surface area contributed by atoms with Crippen molar-refractivity contribution in [3.8, 4) is 0 Å². The molecule has 0 bridgehead atoms. The van der Waals surface area contributed by atoms with Gasteiger partial charge in [-0.25, -0.2) is 0 Å². The predicted molar refractivity (Wildman–Crippen MR) is 71.9 cm³/mol. The van der Waals surface area contributed by atoms with Crippen LogP contribution >= 0.6 is 0 Å². The molecule has 1 amide bonds. The fourth-order valence-corrected chi connectivity index (χ4v) is 2.63. The number of hydrogen-bond acceptors (Lipinski definition) is 2. The van der Waals surface area contributed by atoms with Gasteiger partial charge in [0, 0.05) is 30.4 Å². The fourth-order valence-electron chi connectivity index (χ4n) is 2.63. The van der Waals surface area contributed by atoms with Crippen molar-refractivity contribution in [2.75, 3.05) is 0 Å². The van der Waals surface area contributed by atoms with Crippen LogP contribution in [0.4, 0.5) is 0 Å². The highest BCUT2D eigenvalue weighted by Gasteiger charge is 2.25. The number of nitrogens with one attached hydrogen (secondary N) is 1. The minimum Gasteiger partial charge on any atom is -0.350 e. The lowest BCUT2D eigenvalue weighted by Crippen LogP contribution is -2.37. The molecule has 1 aromatic heterocycles. The van der Waals surface area contributed by atoms with E-state index in [0.717, 1.165) is 31.4 Å². The number of rotatable bonds is 3. The molecule has 1 fully saturated rings. The maximum absolute atomic E-state index is 12.1. The summed E-state index contributed by atoms with van der Waals surface area (Å²) in [7, 11) is 2.02. The molecular weight excluding hydrogens is 226 g/mol. The summed E-state index contributed by atoms with van der Waals surface area (Å²) in [6, 6.07) is 4.33. The standard InChI is InChI=1S/C14H23N3O/c1-10-6-7-13(17(10)2)9-16-14(18)11-4-3-5-12(15)8-11/h6-7,11-12H,3-5,8-9,15H2,1-2H3,(H,16,18). The number of amides is 1. The smallest absolute Gasteiger partial charge is 0.223 e. The highest BCUT2D eigenvalue weighted by Crippen LogP contribution is 2.23. The van der Waals surface area contributed by atoms with E-state index in [-0.39, 0.29) is 17.9 Å². The Balaban J connectivity index is 1.86. The van der Waals surface area contributed by atoms with Crippen LogP contribution in [0.1, 0.15) is 37.1 Å². The van der Waals surface area contributed by atoms with Crippen LogP contribution < -0.4 is 11.1 Å². The van der Waals surface area contributed by atoms with Crippen molar-refractivity contribution in [1.82, 2.24) is 9.88 Å². The highest BCUT2D eigenvalue weighted by molar-refractivity contribution is 5.78. The minimum atomic E-state index is 0.107. The van der Waals surface area contributed by atoms with Gasteiger partial charge in [-0.15, -0.1) is 0 Å². The number of carbonyl (C=O) groups is 1.